The zero-order valence-electron chi connectivity index (χ0n) is 13.3. The van der Waals surface area contributed by atoms with E-state index in [1.165, 1.54) is 6.92 Å². The molecule has 0 atom stereocenters. The lowest BCUT2D eigenvalue weighted by Gasteiger charge is -2.33. The Bertz CT molecular complexity index is 507. The number of carbonyl (C=O) groups is 2. The molecule has 0 spiro atoms. The van der Waals surface area contributed by atoms with E-state index in [1.807, 2.05) is 0 Å². The molecule has 1 aromatic rings. The van der Waals surface area contributed by atoms with Gasteiger partial charge in [0, 0.05) is 44.5 Å². The predicted octanol–water partition coefficient (Wildman–Crippen LogP) is 1.22. The summed E-state index contributed by atoms with van der Waals surface area (Å²) in [5.41, 5.74) is 1.47. The molecule has 0 saturated carbocycles. The number of hydrogen-bond donors (Lipinski definition) is 2. The highest BCUT2D eigenvalue weighted by molar-refractivity contribution is 5.93. The first kappa shape index (κ1) is 16.5. The topological polar surface area (TPSA) is 64.7 Å². The van der Waals surface area contributed by atoms with Crippen LogP contribution in [0, 0.1) is 0 Å². The predicted molar refractivity (Wildman–Crippen MR) is 87.9 cm³/mol. The summed E-state index contributed by atoms with van der Waals surface area (Å²) in [7, 11) is 0. The van der Waals surface area contributed by atoms with Gasteiger partial charge in [0.1, 0.15) is 0 Å². The Kier molecular flexibility index (Phi) is 5.91. The van der Waals surface area contributed by atoms with Crippen LogP contribution in [0.1, 0.15) is 13.8 Å². The fourth-order valence-electron chi connectivity index (χ4n) is 2.51. The molecule has 0 radical (unpaired) electrons. The summed E-state index contributed by atoms with van der Waals surface area (Å²) in [6.07, 6.45) is 0. The minimum absolute atomic E-state index is 0.00257. The third kappa shape index (κ3) is 5.13. The second kappa shape index (κ2) is 7.91. The molecule has 0 bridgehead atoms. The summed E-state index contributed by atoms with van der Waals surface area (Å²) >= 11 is 0. The Balaban J connectivity index is 1.78. The summed E-state index contributed by atoms with van der Waals surface area (Å²) in [5.74, 6) is -0.111. The molecule has 1 fully saturated rings. The van der Waals surface area contributed by atoms with Gasteiger partial charge in [0.2, 0.25) is 11.8 Å². The van der Waals surface area contributed by atoms with Gasteiger partial charge in [-0.1, -0.05) is 6.92 Å². The molecule has 2 N–H and O–H groups in total. The Morgan fingerprint density at radius 3 is 1.95 bits per heavy atom. The fourth-order valence-corrected chi connectivity index (χ4v) is 2.51. The van der Waals surface area contributed by atoms with Crippen LogP contribution in [-0.4, -0.2) is 60.9 Å². The Hall–Kier alpha value is -1.92. The summed E-state index contributed by atoms with van der Waals surface area (Å²) in [6, 6.07) is 7.13. The van der Waals surface area contributed by atoms with Crippen molar-refractivity contribution in [3.05, 3.63) is 24.3 Å². The van der Waals surface area contributed by atoms with Gasteiger partial charge >= 0.3 is 0 Å². The van der Waals surface area contributed by atoms with E-state index >= 15 is 0 Å². The largest absolute Gasteiger partial charge is 0.326 e. The number of nitrogens with one attached hydrogen (secondary N) is 2. The maximum absolute atomic E-state index is 12.1. The fraction of sp³-hybridized carbons (Fsp3) is 0.500. The number of nitrogens with zero attached hydrogens (tertiary/aromatic N) is 2. The second-order valence-electron chi connectivity index (χ2n) is 5.52. The van der Waals surface area contributed by atoms with E-state index in [9.17, 15) is 9.59 Å². The van der Waals surface area contributed by atoms with Gasteiger partial charge in [0.05, 0.1) is 6.54 Å². The zero-order chi connectivity index (χ0) is 15.9. The molecular weight excluding hydrogens is 280 g/mol. The highest BCUT2D eigenvalue weighted by Crippen LogP contribution is 2.13. The van der Waals surface area contributed by atoms with Crippen LogP contribution in [0.3, 0.4) is 0 Å². The molecule has 0 aliphatic carbocycles. The smallest absolute Gasteiger partial charge is 0.238 e. The van der Waals surface area contributed by atoms with E-state index in [2.05, 4.69) is 27.4 Å². The molecule has 1 aliphatic heterocycles. The van der Waals surface area contributed by atoms with Crippen molar-refractivity contribution in [2.24, 2.45) is 0 Å². The first-order chi connectivity index (χ1) is 10.6. The van der Waals surface area contributed by atoms with E-state index in [1.54, 1.807) is 24.3 Å². The van der Waals surface area contributed by atoms with E-state index in [0.29, 0.717) is 6.54 Å². The average molecular weight is 304 g/mol. The minimum Gasteiger partial charge on any atom is -0.326 e. The van der Waals surface area contributed by atoms with Gasteiger partial charge in [0.25, 0.3) is 0 Å². The number of benzene rings is 1. The van der Waals surface area contributed by atoms with Crippen LogP contribution >= 0.6 is 0 Å². The SMILES string of the molecule is CCN1CCN(CC(=O)Nc2ccc(NC(C)=O)cc2)CC1. The van der Waals surface area contributed by atoms with Crippen LogP contribution in [0.25, 0.3) is 0 Å². The van der Waals surface area contributed by atoms with E-state index in [0.717, 1.165) is 44.1 Å². The molecule has 2 rings (SSSR count). The van der Waals surface area contributed by atoms with Crippen LogP contribution in [0.2, 0.25) is 0 Å². The quantitative estimate of drug-likeness (QED) is 0.858. The van der Waals surface area contributed by atoms with Crippen LogP contribution in [0.4, 0.5) is 11.4 Å². The monoisotopic (exact) mass is 304 g/mol. The highest BCUT2D eigenvalue weighted by atomic mass is 16.2. The van der Waals surface area contributed by atoms with Gasteiger partial charge in [-0.3, -0.25) is 14.5 Å². The maximum Gasteiger partial charge on any atom is 0.238 e. The molecule has 1 heterocycles. The van der Waals surface area contributed by atoms with Crippen LogP contribution in [0.5, 0.6) is 0 Å². The van der Waals surface area contributed by atoms with Gasteiger partial charge < -0.3 is 15.5 Å². The van der Waals surface area contributed by atoms with Crippen LogP contribution in [-0.2, 0) is 9.59 Å². The number of carbonyl (C=O) groups excluding carboxylic acids is 2. The standard InChI is InChI=1S/C16H24N4O2/c1-3-19-8-10-20(11-9-19)12-16(22)18-15-6-4-14(5-7-15)17-13(2)21/h4-7H,3,8-12H2,1-2H3,(H,17,21)(H,18,22). The first-order valence-corrected chi connectivity index (χ1v) is 7.69. The molecule has 1 saturated heterocycles. The van der Waals surface area contributed by atoms with Crippen molar-refractivity contribution in [1.82, 2.24) is 9.80 Å². The molecular formula is C16H24N4O2. The lowest BCUT2D eigenvalue weighted by Crippen LogP contribution is -2.48. The summed E-state index contributed by atoms with van der Waals surface area (Å²) in [6.45, 7) is 9.03. The summed E-state index contributed by atoms with van der Waals surface area (Å²) in [5, 5.41) is 5.58. The Morgan fingerprint density at radius 1 is 0.955 bits per heavy atom. The molecule has 0 aromatic heterocycles. The van der Waals surface area contributed by atoms with Crippen molar-refractivity contribution in [2.45, 2.75) is 13.8 Å². The third-order valence-corrected chi connectivity index (χ3v) is 3.77. The van der Waals surface area contributed by atoms with Crippen molar-refractivity contribution >= 4 is 23.2 Å². The third-order valence-electron chi connectivity index (χ3n) is 3.77. The maximum atomic E-state index is 12.1. The lowest BCUT2D eigenvalue weighted by atomic mass is 10.2. The summed E-state index contributed by atoms with van der Waals surface area (Å²) < 4.78 is 0. The van der Waals surface area contributed by atoms with Crippen molar-refractivity contribution in [3.8, 4) is 0 Å². The average Bonchev–Trinajstić information content (AvgIpc) is 2.49. The van der Waals surface area contributed by atoms with E-state index in [4.69, 9.17) is 0 Å². The Labute approximate surface area is 131 Å². The number of likely N-dealkylation sites (N-methyl/N-ethyl adjacent to an activating group) is 1. The van der Waals surface area contributed by atoms with Crippen molar-refractivity contribution in [3.63, 3.8) is 0 Å². The Morgan fingerprint density at radius 2 is 1.45 bits per heavy atom. The highest BCUT2D eigenvalue weighted by Gasteiger charge is 2.17. The van der Waals surface area contributed by atoms with Crippen LogP contribution in [0.15, 0.2) is 24.3 Å². The number of rotatable bonds is 5. The molecule has 6 heteroatoms. The van der Waals surface area contributed by atoms with E-state index < -0.39 is 0 Å². The van der Waals surface area contributed by atoms with Gasteiger partial charge in [-0.2, -0.15) is 0 Å². The van der Waals surface area contributed by atoms with Crippen molar-refractivity contribution in [1.29, 1.82) is 0 Å². The van der Waals surface area contributed by atoms with E-state index in [-0.39, 0.29) is 11.8 Å². The molecule has 1 aliphatic rings. The van der Waals surface area contributed by atoms with Gasteiger partial charge in [-0.25, -0.2) is 0 Å². The first-order valence-electron chi connectivity index (χ1n) is 7.69. The molecule has 1 aromatic carbocycles. The summed E-state index contributed by atoms with van der Waals surface area (Å²) in [4.78, 5) is 27.6. The number of hydrogen-bond acceptors (Lipinski definition) is 4. The zero-order valence-corrected chi connectivity index (χ0v) is 13.3. The lowest BCUT2D eigenvalue weighted by molar-refractivity contribution is -0.117. The number of amides is 2. The van der Waals surface area contributed by atoms with Crippen molar-refractivity contribution in [2.75, 3.05) is 49.9 Å². The minimum atomic E-state index is -0.108. The van der Waals surface area contributed by atoms with Gasteiger partial charge in [-0.15, -0.1) is 0 Å². The number of anilines is 2. The van der Waals surface area contributed by atoms with Gasteiger partial charge in [-0.05, 0) is 30.8 Å². The molecule has 0 unspecified atom stereocenters. The molecule has 22 heavy (non-hydrogen) atoms. The van der Waals surface area contributed by atoms with Gasteiger partial charge in [0.15, 0.2) is 0 Å². The number of piperazine rings is 1. The normalized spacial score (nSPS) is 16.3. The second-order valence-corrected chi connectivity index (χ2v) is 5.52. The molecule has 120 valence electrons. The van der Waals surface area contributed by atoms with Crippen LogP contribution < -0.4 is 10.6 Å². The molecule has 6 nitrogen and oxygen atoms in total. The van der Waals surface area contributed by atoms with Crippen molar-refractivity contribution < 1.29 is 9.59 Å². The molecule has 2 amide bonds.